The minimum Gasteiger partial charge on any atom is -0.369 e. The minimum atomic E-state index is -4.39. The lowest BCUT2D eigenvalue weighted by Crippen LogP contribution is -2.38. The van der Waals surface area contributed by atoms with E-state index in [9.17, 15) is 18.0 Å². The standard InChI is InChI=1S/C16H17F3N4O/c17-16(18,19)11-2-3-12-13(10-11)21-5-4-14(12)22-6-1-7-23(9-8-22)15(20)24/h2-5,10H,1,6-9H2,(H2,20,24). The number of nitrogens with two attached hydrogens (primary N) is 1. The van der Waals surface area contributed by atoms with Gasteiger partial charge >= 0.3 is 12.2 Å². The van der Waals surface area contributed by atoms with E-state index in [1.807, 2.05) is 0 Å². The SMILES string of the molecule is NC(=O)N1CCCN(c2ccnc3cc(C(F)(F)F)ccc23)CC1. The van der Waals surface area contributed by atoms with Gasteiger partial charge in [0.2, 0.25) is 0 Å². The normalized spacial score (nSPS) is 16.3. The van der Waals surface area contributed by atoms with Crippen LogP contribution in [0, 0.1) is 0 Å². The molecule has 0 saturated carbocycles. The van der Waals surface area contributed by atoms with E-state index in [0.717, 1.165) is 24.2 Å². The molecule has 1 aliphatic heterocycles. The van der Waals surface area contributed by atoms with E-state index >= 15 is 0 Å². The van der Waals surface area contributed by atoms with Crippen molar-refractivity contribution in [1.29, 1.82) is 0 Å². The van der Waals surface area contributed by atoms with E-state index in [2.05, 4.69) is 9.88 Å². The molecule has 1 fully saturated rings. The maximum Gasteiger partial charge on any atom is 0.416 e. The summed E-state index contributed by atoms with van der Waals surface area (Å²) < 4.78 is 38.6. The van der Waals surface area contributed by atoms with Crippen LogP contribution in [0.25, 0.3) is 10.9 Å². The molecule has 1 aromatic heterocycles. The maximum absolute atomic E-state index is 12.9. The van der Waals surface area contributed by atoms with Crippen molar-refractivity contribution in [3.05, 3.63) is 36.0 Å². The number of benzene rings is 1. The first-order chi connectivity index (χ1) is 11.4. The van der Waals surface area contributed by atoms with Crippen molar-refractivity contribution in [2.45, 2.75) is 12.6 Å². The summed E-state index contributed by atoms with van der Waals surface area (Å²) in [5.41, 5.74) is 5.73. The van der Waals surface area contributed by atoms with Gasteiger partial charge in [0.15, 0.2) is 0 Å². The second-order valence-corrected chi connectivity index (χ2v) is 5.73. The van der Waals surface area contributed by atoms with Gasteiger partial charge < -0.3 is 15.5 Å². The Hall–Kier alpha value is -2.51. The zero-order valence-corrected chi connectivity index (χ0v) is 12.9. The summed E-state index contributed by atoms with van der Waals surface area (Å²) >= 11 is 0. The molecule has 1 aliphatic rings. The van der Waals surface area contributed by atoms with Crippen LogP contribution >= 0.6 is 0 Å². The predicted octanol–water partition coefficient (Wildman–Crippen LogP) is 2.84. The van der Waals surface area contributed by atoms with E-state index in [1.54, 1.807) is 11.0 Å². The lowest BCUT2D eigenvalue weighted by atomic mass is 10.1. The van der Waals surface area contributed by atoms with Crippen molar-refractivity contribution in [3.8, 4) is 0 Å². The molecule has 2 heterocycles. The third-order valence-electron chi connectivity index (χ3n) is 4.20. The average molecular weight is 338 g/mol. The highest BCUT2D eigenvalue weighted by molar-refractivity contribution is 5.92. The molecule has 0 bridgehead atoms. The van der Waals surface area contributed by atoms with Gasteiger partial charge in [-0.15, -0.1) is 0 Å². The minimum absolute atomic E-state index is 0.304. The van der Waals surface area contributed by atoms with Crippen molar-refractivity contribution < 1.29 is 18.0 Å². The van der Waals surface area contributed by atoms with Gasteiger partial charge in [0.25, 0.3) is 0 Å². The summed E-state index contributed by atoms with van der Waals surface area (Å²) in [7, 11) is 0. The van der Waals surface area contributed by atoms with Crippen LogP contribution in [0.4, 0.5) is 23.7 Å². The topological polar surface area (TPSA) is 62.5 Å². The monoisotopic (exact) mass is 338 g/mol. The molecular formula is C16H17F3N4O. The summed E-state index contributed by atoms with van der Waals surface area (Å²) in [6.07, 6.45) is -2.14. The van der Waals surface area contributed by atoms with Crippen LogP contribution in [0.1, 0.15) is 12.0 Å². The number of hydrogen-bond donors (Lipinski definition) is 1. The molecule has 24 heavy (non-hydrogen) atoms. The first kappa shape index (κ1) is 16.4. The Morgan fingerprint density at radius 1 is 1.12 bits per heavy atom. The fraction of sp³-hybridized carbons (Fsp3) is 0.375. The van der Waals surface area contributed by atoms with E-state index < -0.39 is 17.8 Å². The Kier molecular flexibility index (Phi) is 4.21. The molecule has 2 N–H and O–H groups in total. The Balaban J connectivity index is 1.93. The maximum atomic E-state index is 12.9. The molecule has 8 heteroatoms. The third kappa shape index (κ3) is 3.22. The van der Waals surface area contributed by atoms with Crippen LogP contribution in [-0.2, 0) is 6.18 Å². The van der Waals surface area contributed by atoms with Crippen LogP contribution in [0.3, 0.4) is 0 Å². The number of carbonyl (C=O) groups is 1. The van der Waals surface area contributed by atoms with E-state index in [0.29, 0.717) is 37.1 Å². The van der Waals surface area contributed by atoms with Crippen LogP contribution in [-0.4, -0.2) is 42.1 Å². The molecule has 0 atom stereocenters. The number of fused-ring (bicyclic) bond motifs is 1. The molecule has 1 aromatic carbocycles. The van der Waals surface area contributed by atoms with Crippen molar-refractivity contribution in [2.24, 2.45) is 5.73 Å². The van der Waals surface area contributed by atoms with Crippen molar-refractivity contribution in [1.82, 2.24) is 9.88 Å². The molecule has 2 aromatic rings. The summed E-state index contributed by atoms with van der Waals surface area (Å²) in [5, 5.41) is 0.665. The summed E-state index contributed by atoms with van der Waals surface area (Å²) in [5.74, 6) is 0. The molecule has 0 unspecified atom stereocenters. The number of carbonyl (C=O) groups excluding carboxylic acids is 1. The Labute approximate surface area is 136 Å². The summed E-state index contributed by atoms with van der Waals surface area (Å²) in [6.45, 7) is 2.33. The zero-order valence-electron chi connectivity index (χ0n) is 12.9. The second kappa shape index (κ2) is 6.18. The lowest BCUT2D eigenvalue weighted by molar-refractivity contribution is -0.137. The van der Waals surface area contributed by atoms with Crippen molar-refractivity contribution >= 4 is 22.6 Å². The van der Waals surface area contributed by atoms with Gasteiger partial charge in [-0.05, 0) is 24.6 Å². The van der Waals surface area contributed by atoms with Crippen LogP contribution in [0.15, 0.2) is 30.5 Å². The fourth-order valence-corrected chi connectivity index (χ4v) is 2.96. The number of nitrogens with zero attached hydrogens (tertiary/aromatic N) is 3. The number of amides is 2. The molecule has 0 spiro atoms. The molecule has 2 amide bonds. The molecular weight excluding hydrogens is 321 g/mol. The number of alkyl halides is 3. The second-order valence-electron chi connectivity index (χ2n) is 5.73. The zero-order chi connectivity index (χ0) is 17.3. The predicted molar refractivity (Wildman–Crippen MR) is 84.7 cm³/mol. The Morgan fingerprint density at radius 3 is 2.62 bits per heavy atom. The number of urea groups is 1. The number of aromatic nitrogens is 1. The number of hydrogen-bond acceptors (Lipinski definition) is 3. The fourth-order valence-electron chi connectivity index (χ4n) is 2.96. The smallest absolute Gasteiger partial charge is 0.369 e. The van der Waals surface area contributed by atoms with Crippen LogP contribution in [0.5, 0.6) is 0 Å². The molecule has 1 saturated heterocycles. The van der Waals surface area contributed by atoms with Gasteiger partial charge in [0, 0.05) is 43.4 Å². The quantitative estimate of drug-likeness (QED) is 0.870. The van der Waals surface area contributed by atoms with E-state index in [1.165, 1.54) is 12.3 Å². The molecule has 128 valence electrons. The summed E-state index contributed by atoms with van der Waals surface area (Å²) in [4.78, 5) is 19.0. The highest BCUT2D eigenvalue weighted by Gasteiger charge is 2.31. The largest absolute Gasteiger partial charge is 0.416 e. The average Bonchev–Trinajstić information content (AvgIpc) is 2.79. The van der Waals surface area contributed by atoms with E-state index in [4.69, 9.17) is 5.73 Å². The first-order valence-electron chi connectivity index (χ1n) is 7.61. The third-order valence-corrected chi connectivity index (χ3v) is 4.20. The van der Waals surface area contributed by atoms with Crippen LogP contribution in [0.2, 0.25) is 0 Å². The van der Waals surface area contributed by atoms with Gasteiger partial charge in [-0.2, -0.15) is 13.2 Å². The van der Waals surface area contributed by atoms with E-state index in [-0.39, 0.29) is 0 Å². The lowest BCUT2D eigenvalue weighted by Gasteiger charge is -2.24. The van der Waals surface area contributed by atoms with Gasteiger partial charge in [0.05, 0.1) is 11.1 Å². The number of pyridine rings is 1. The Bertz CT molecular complexity index is 763. The van der Waals surface area contributed by atoms with Gasteiger partial charge in [-0.25, -0.2) is 4.79 Å². The molecule has 5 nitrogen and oxygen atoms in total. The number of primary amides is 1. The first-order valence-corrected chi connectivity index (χ1v) is 7.61. The molecule has 0 aliphatic carbocycles. The Morgan fingerprint density at radius 2 is 1.92 bits per heavy atom. The van der Waals surface area contributed by atoms with Crippen molar-refractivity contribution in [3.63, 3.8) is 0 Å². The molecule has 0 radical (unpaired) electrons. The highest BCUT2D eigenvalue weighted by Crippen LogP contribution is 2.33. The number of rotatable bonds is 1. The van der Waals surface area contributed by atoms with Gasteiger partial charge in [0.1, 0.15) is 0 Å². The molecule has 3 rings (SSSR count). The van der Waals surface area contributed by atoms with Gasteiger partial charge in [-0.3, -0.25) is 4.98 Å². The number of halogens is 3. The summed E-state index contributed by atoms with van der Waals surface area (Å²) in [6, 6.07) is 4.92. The van der Waals surface area contributed by atoms with Crippen LogP contribution < -0.4 is 10.6 Å². The van der Waals surface area contributed by atoms with Gasteiger partial charge in [-0.1, -0.05) is 6.07 Å². The highest BCUT2D eigenvalue weighted by atomic mass is 19.4. The van der Waals surface area contributed by atoms with Crippen molar-refractivity contribution in [2.75, 3.05) is 31.1 Å². The number of anilines is 1.